The molecule has 0 atom stereocenters. The third kappa shape index (κ3) is 4.37. The maximum atomic E-state index is 12.9. The number of aromatic nitrogens is 1. The number of sulfonamides is 1. The summed E-state index contributed by atoms with van der Waals surface area (Å²) in [6.07, 6.45) is 0. The van der Waals surface area contributed by atoms with Crippen LogP contribution in [0.1, 0.15) is 21.0 Å². The van der Waals surface area contributed by atoms with Gasteiger partial charge in [-0.2, -0.15) is 4.31 Å². The minimum absolute atomic E-state index is 0.0212. The number of nitrogens with zero attached hydrogens (tertiary/aromatic N) is 3. The van der Waals surface area contributed by atoms with E-state index < -0.39 is 21.9 Å². The van der Waals surface area contributed by atoms with Gasteiger partial charge in [0.25, 0.3) is 5.91 Å². The maximum Gasteiger partial charge on any atom is 0.356 e. The zero-order valence-corrected chi connectivity index (χ0v) is 17.7. The second kappa shape index (κ2) is 8.66. The number of carbonyl (C=O) groups is 2. The first-order chi connectivity index (χ1) is 13.8. The average molecular weight is 458 g/mol. The molecule has 3 rings (SSSR count). The van der Waals surface area contributed by atoms with Crippen molar-refractivity contribution in [2.45, 2.75) is 4.90 Å². The number of esters is 1. The van der Waals surface area contributed by atoms with Crippen LogP contribution < -0.4 is 0 Å². The number of hydrogen-bond acceptors (Lipinski definition) is 6. The summed E-state index contributed by atoms with van der Waals surface area (Å²) < 4.78 is 31.7. The fourth-order valence-electron chi connectivity index (χ4n) is 2.92. The third-order valence-corrected chi connectivity index (χ3v) is 7.26. The average Bonchev–Trinajstić information content (AvgIpc) is 2.72. The largest absolute Gasteiger partial charge is 0.464 e. The van der Waals surface area contributed by atoms with E-state index in [1.54, 1.807) is 6.07 Å². The van der Waals surface area contributed by atoms with E-state index in [4.69, 9.17) is 23.2 Å². The summed E-state index contributed by atoms with van der Waals surface area (Å²) in [7, 11) is -2.68. The highest BCUT2D eigenvalue weighted by atomic mass is 35.5. The van der Waals surface area contributed by atoms with E-state index in [1.807, 2.05) is 0 Å². The van der Waals surface area contributed by atoms with Crippen LogP contribution in [0.25, 0.3) is 0 Å². The van der Waals surface area contributed by atoms with Crippen molar-refractivity contribution >= 4 is 45.1 Å². The second-order valence-corrected chi connectivity index (χ2v) is 8.84. The Balaban J connectivity index is 1.74. The summed E-state index contributed by atoms with van der Waals surface area (Å²) in [4.78, 5) is 29.7. The zero-order chi connectivity index (χ0) is 21.2. The Morgan fingerprint density at radius 1 is 0.966 bits per heavy atom. The molecule has 1 fully saturated rings. The molecule has 0 saturated carbocycles. The van der Waals surface area contributed by atoms with Gasteiger partial charge < -0.3 is 9.64 Å². The van der Waals surface area contributed by atoms with Gasteiger partial charge in [-0.25, -0.2) is 18.2 Å². The minimum Gasteiger partial charge on any atom is -0.464 e. The fourth-order valence-corrected chi connectivity index (χ4v) is 5.44. The highest BCUT2D eigenvalue weighted by Crippen LogP contribution is 2.31. The first kappa shape index (κ1) is 21.5. The van der Waals surface area contributed by atoms with E-state index in [0.717, 1.165) is 0 Å². The molecule has 2 aromatic rings. The van der Waals surface area contributed by atoms with E-state index in [9.17, 15) is 18.0 Å². The Morgan fingerprint density at radius 2 is 1.52 bits per heavy atom. The van der Waals surface area contributed by atoms with Crippen molar-refractivity contribution in [1.82, 2.24) is 14.2 Å². The van der Waals surface area contributed by atoms with Gasteiger partial charge in [0.1, 0.15) is 16.3 Å². The summed E-state index contributed by atoms with van der Waals surface area (Å²) in [6, 6.07) is 8.95. The topological polar surface area (TPSA) is 96.9 Å². The van der Waals surface area contributed by atoms with Crippen LogP contribution in [0.3, 0.4) is 0 Å². The molecule has 1 aromatic heterocycles. The van der Waals surface area contributed by atoms with Crippen molar-refractivity contribution in [3.63, 3.8) is 0 Å². The number of amides is 1. The Hall–Kier alpha value is -2.20. The quantitative estimate of drug-likeness (QED) is 0.653. The third-order valence-electron chi connectivity index (χ3n) is 4.41. The number of hydrogen-bond donors (Lipinski definition) is 0. The number of rotatable bonds is 4. The van der Waals surface area contributed by atoms with Gasteiger partial charge in [-0.3, -0.25) is 4.79 Å². The molecule has 2 heterocycles. The molecule has 0 unspecified atom stereocenters. The molecule has 0 bridgehead atoms. The minimum atomic E-state index is -3.90. The molecular formula is C18H17Cl2N3O5S. The highest BCUT2D eigenvalue weighted by molar-refractivity contribution is 7.89. The lowest BCUT2D eigenvalue weighted by atomic mass is 10.2. The van der Waals surface area contributed by atoms with Crippen LogP contribution >= 0.6 is 23.2 Å². The smallest absolute Gasteiger partial charge is 0.356 e. The Kier molecular flexibility index (Phi) is 6.42. The number of halogens is 2. The molecule has 1 aliphatic rings. The van der Waals surface area contributed by atoms with Crippen LogP contribution in [-0.2, 0) is 14.8 Å². The number of methoxy groups -OCH3 is 1. The summed E-state index contributed by atoms with van der Waals surface area (Å²) in [6.45, 7) is 0.465. The molecular weight excluding hydrogens is 441 g/mol. The lowest BCUT2D eigenvalue weighted by molar-refractivity contribution is 0.0593. The van der Waals surface area contributed by atoms with Gasteiger partial charge in [0.2, 0.25) is 10.0 Å². The summed E-state index contributed by atoms with van der Waals surface area (Å²) in [5.74, 6) is -1.05. The normalized spacial score (nSPS) is 15.2. The molecule has 154 valence electrons. The second-order valence-electron chi connectivity index (χ2n) is 6.15. The molecule has 0 radical (unpaired) electrons. The highest BCUT2D eigenvalue weighted by Gasteiger charge is 2.33. The molecule has 29 heavy (non-hydrogen) atoms. The number of ether oxygens (including phenoxy) is 1. The standard InChI is InChI=1S/C18H17Cl2N3O5S/c1-28-18(25)15-7-3-6-14(21-15)17(24)22-8-10-23(11-9-22)29(26,27)16-12(19)4-2-5-13(16)20/h2-7H,8-11H2,1H3. The predicted molar refractivity (Wildman–Crippen MR) is 107 cm³/mol. The Morgan fingerprint density at radius 3 is 2.10 bits per heavy atom. The molecule has 1 aliphatic heterocycles. The predicted octanol–water partition coefficient (Wildman–Crippen LogP) is 2.32. The number of carbonyl (C=O) groups excluding carboxylic acids is 2. The van der Waals surface area contributed by atoms with E-state index in [1.165, 1.54) is 46.6 Å². The summed E-state index contributed by atoms with van der Waals surface area (Å²) in [5.41, 5.74) is 0.103. The zero-order valence-electron chi connectivity index (χ0n) is 15.3. The van der Waals surface area contributed by atoms with E-state index in [0.29, 0.717) is 0 Å². The first-order valence-electron chi connectivity index (χ1n) is 8.54. The van der Waals surface area contributed by atoms with Crippen molar-refractivity contribution in [1.29, 1.82) is 0 Å². The van der Waals surface area contributed by atoms with Crippen LogP contribution in [0.15, 0.2) is 41.3 Å². The van der Waals surface area contributed by atoms with Crippen LogP contribution in [-0.4, -0.2) is 67.8 Å². The van der Waals surface area contributed by atoms with Crippen LogP contribution in [0.4, 0.5) is 0 Å². The Labute approximate surface area is 178 Å². The van der Waals surface area contributed by atoms with Gasteiger partial charge in [-0.1, -0.05) is 35.3 Å². The van der Waals surface area contributed by atoms with Gasteiger partial charge in [-0.15, -0.1) is 0 Å². The molecule has 0 aliphatic carbocycles. The first-order valence-corrected chi connectivity index (χ1v) is 10.7. The van der Waals surface area contributed by atoms with Gasteiger partial charge >= 0.3 is 5.97 Å². The number of piperazine rings is 1. The molecule has 1 aromatic carbocycles. The Bertz CT molecular complexity index is 1030. The molecule has 8 nitrogen and oxygen atoms in total. The van der Waals surface area contributed by atoms with E-state index in [2.05, 4.69) is 9.72 Å². The van der Waals surface area contributed by atoms with Gasteiger partial charge in [0, 0.05) is 26.2 Å². The monoisotopic (exact) mass is 457 g/mol. The van der Waals surface area contributed by atoms with Crippen LogP contribution in [0, 0.1) is 0 Å². The maximum absolute atomic E-state index is 12.9. The van der Waals surface area contributed by atoms with Crippen molar-refractivity contribution in [2.24, 2.45) is 0 Å². The summed E-state index contributed by atoms with van der Waals surface area (Å²) >= 11 is 12.1. The van der Waals surface area contributed by atoms with Crippen LogP contribution in [0.2, 0.25) is 10.0 Å². The SMILES string of the molecule is COC(=O)c1cccc(C(=O)N2CCN(S(=O)(=O)c3c(Cl)cccc3Cl)CC2)n1. The lowest BCUT2D eigenvalue weighted by Gasteiger charge is -2.34. The van der Waals surface area contributed by atoms with E-state index in [-0.39, 0.29) is 52.5 Å². The lowest BCUT2D eigenvalue weighted by Crippen LogP contribution is -2.50. The van der Waals surface area contributed by atoms with Crippen molar-refractivity contribution in [3.05, 3.63) is 57.8 Å². The number of benzene rings is 1. The molecule has 0 spiro atoms. The molecule has 0 N–H and O–H groups in total. The fraction of sp³-hybridized carbons (Fsp3) is 0.278. The van der Waals surface area contributed by atoms with Gasteiger partial charge in [-0.05, 0) is 24.3 Å². The molecule has 1 amide bonds. The number of pyridine rings is 1. The molecule has 1 saturated heterocycles. The molecule has 11 heteroatoms. The van der Waals surface area contributed by atoms with Crippen molar-refractivity contribution in [3.8, 4) is 0 Å². The van der Waals surface area contributed by atoms with Gasteiger partial charge in [0.05, 0.1) is 17.2 Å². The van der Waals surface area contributed by atoms with Crippen molar-refractivity contribution in [2.75, 3.05) is 33.3 Å². The van der Waals surface area contributed by atoms with Gasteiger partial charge in [0.15, 0.2) is 0 Å². The van der Waals surface area contributed by atoms with Crippen molar-refractivity contribution < 1.29 is 22.7 Å². The van der Waals surface area contributed by atoms with E-state index >= 15 is 0 Å². The van der Waals surface area contributed by atoms with Crippen LogP contribution in [0.5, 0.6) is 0 Å². The summed E-state index contributed by atoms with van der Waals surface area (Å²) in [5, 5.41) is 0.0830.